The molecule has 1 aromatic heterocycles. The van der Waals surface area contributed by atoms with E-state index in [2.05, 4.69) is 4.98 Å². The molecule has 234 valence electrons. The highest BCUT2D eigenvalue weighted by molar-refractivity contribution is 7.89. The molecule has 0 bridgehead atoms. The van der Waals surface area contributed by atoms with Crippen LogP contribution in [0.4, 0.5) is 13.2 Å². The Morgan fingerprint density at radius 1 is 0.886 bits per heavy atom. The van der Waals surface area contributed by atoms with Crippen LogP contribution in [0.2, 0.25) is 0 Å². The van der Waals surface area contributed by atoms with Crippen LogP contribution >= 0.6 is 0 Å². The smallest absolute Gasteiger partial charge is 0.416 e. The summed E-state index contributed by atoms with van der Waals surface area (Å²) >= 11 is 0. The third kappa shape index (κ3) is 8.74. The van der Waals surface area contributed by atoms with Crippen molar-refractivity contribution in [3.05, 3.63) is 106 Å². The largest absolute Gasteiger partial charge is 0.478 e. The Hall–Kier alpha value is -4.56. The highest BCUT2D eigenvalue weighted by atomic mass is 32.2. The topological polar surface area (TPSA) is 145 Å². The van der Waals surface area contributed by atoms with Crippen molar-refractivity contribution in [2.75, 3.05) is 31.9 Å². The fraction of sp³-hybridized carbons (Fsp3) is 0.267. The lowest BCUT2D eigenvalue weighted by atomic mass is 10.0. The lowest BCUT2D eigenvalue weighted by molar-refractivity contribution is -0.137. The van der Waals surface area contributed by atoms with Crippen molar-refractivity contribution in [2.45, 2.75) is 20.0 Å². The van der Waals surface area contributed by atoms with E-state index in [9.17, 15) is 36.0 Å². The van der Waals surface area contributed by atoms with Gasteiger partial charge in [0.15, 0.2) is 0 Å². The SMILES string of the molecule is Cc1c(C(=O)O)cccc1C(=O)O.Cc1ccncc1C(=O)N1CCN(S(=O)(=O)CC=Cc2ccc(C(F)(F)F)cc2)CC1. The highest BCUT2D eigenvalue weighted by Crippen LogP contribution is 2.29. The van der Waals surface area contributed by atoms with E-state index in [1.165, 1.54) is 59.9 Å². The van der Waals surface area contributed by atoms with Crippen LogP contribution in [0.3, 0.4) is 0 Å². The predicted octanol–water partition coefficient (Wildman–Crippen LogP) is 4.60. The van der Waals surface area contributed by atoms with Gasteiger partial charge in [-0.1, -0.05) is 30.4 Å². The zero-order valence-electron chi connectivity index (χ0n) is 23.8. The Balaban J connectivity index is 0.000000340. The van der Waals surface area contributed by atoms with E-state index in [4.69, 9.17) is 10.2 Å². The number of aromatic nitrogens is 1. The number of aryl methyl sites for hydroxylation is 1. The molecule has 4 rings (SSSR count). The third-order valence-corrected chi connectivity index (χ3v) is 8.60. The second-order valence-electron chi connectivity index (χ2n) is 9.77. The van der Waals surface area contributed by atoms with Gasteiger partial charge in [-0.05, 0) is 60.9 Å². The minimum absolute atomic E-state index is 0.0277. The van der Waals surface area contributed by atoms with E-state index < -0.39 is 33.7 Å². The average Bonchev–Trinajstić information content (AvgIpc) is 2.97. The van der Waals surface area contributed by atoms with Crippen LogP contribution in [0.1, 0.15) is 53.3 Å². The van der Waals surface area contributed by atoms with Crippen LogP contribution < -0.4 is 0 Å². The maximum absolute atomic E-state index is 12.6. The second kappa shape index (κ2) is 14.3. The molecule has 0 atom stereocenters. The molecule has 1 aliphatic rings. The molecule has 14 heteroatoms. The number of carboxylic acid groups (broad SMARTS) is 2. The normalized spacial score (nSPS) is 14.2. The number of aromatic carboxylic acids is 2. The molecule has 0 radical (unpaired) electrons. The van der Waals surface area contributed by atoms with Crippen LogP contribution in [-0.2, 0) is 16.2 Å². The van der Waals surface area contributed by atoms with Crippen molar-refractivity contribution in [3.8, 4) is 0 Å². The van der Waals surface area contributed by atoms with Crippen LogP contribution in [0.5, 0.6) is 0 Å². The minimum Gasteiger partial charge on any atom is -0.478 e. The van der Waals surface area contributed by atoms with Gasteiger partial charge in [-0.2, -0.15) is 17.5 Å². The zero-order chi connectivity index (χ0) is 32.7. The van der Waals surface area contributed by atoms with Crippen molar-refractivity contribution in [1.82, 2.24) is 14.2 Å². The number of carbonyl (C=O) groups excluding carboxylic acids is 1. The predicted molar refractivity (Wildman–Crippen MR) is 156 cm³/mol. The molecule has 2 heterocycles. The van der Waals surface area contributed by atoms with Gasteiger partial charge in [0, 0.05) is 38.6 Å². The number of alkyl halides is 3. The lowest BCUT2D eigenvalue weighted by Crippen LogP contribution is -2.51. The molecule has 1 amide bonds. The molecule has 3 aromatic rings. The van der Waals surface area contributed by atoms with Gasteiger partial charge in [-0.15, -0.1) is 0 Å². The van der Waals surface area contributed by atoms with Gasteiger partial charge < -0.3 is 15.1 Å². The summed E-state index contributed by atoms with van der Waals surface area (Å²) in [7, 11) is -3.59. The first-order chi connectivity index (χ1) is 20.6. The van der Waals surface area contributed by atoms with Crippen LogP contribution in [0.25, 0.3) is 6.08 Å². The molecule has 10 nitrogen and oxygen atoms in total. The van der Waals surface area contributed by atoms with Gasteiger partial charge in [0.1, 0.15) is 0 Å². The van der Waals surface area contributed by atoms with Crippen molar-refractivity contribution in [3.63, 3.8) is 0 Å². The van der Waals surface area contributed by atoms with E-state index in [1.54, 1.807) is 17.2 Å². The number of halogens is 3. The van der Waals surface area contributed by atoms with E-state index in [1.807, 2.05) is 6.92 Å². The van der Waals surface area contributed by atoms with Crippen LogP contribution in [0.15, 0.2) is 67.0 Å². The summed E-state index contributed by atoms with van der Waals surface area (Å²) < 4.78 is 64.3. The minimum atomic E-state index is -4.41. The monoisotopic (exact) mass is 633 g/mol. The summed E-state index contributed by atoms with van der Waals surface area (Å²) in [4.78, 5) is 39.4. The van der Waals surface area contributed by atoms with Gasteiger partial charge in [0.2, 0.25) is 10.0 Å². The third-order valence-electron chi connectivity index (χ3n) is 6.84. The summed E-state index contributed by atoms with van der Waals surface area (Å²) in [6.07, 6.45) is 1.59. The Morgan fingerprint density at radius 3 is 1.95 bits per heavy atom. The Morgan fingerprint density at radius 2 is 1.45 bits per heavy atom. The number of carboxylic acids is 2. The zero-order valence-corrected chi connectivity index (χ0v) is 24.6. The Kier molecular flexibility index (Phi) is 11.0. The number of sulfonamides is 1. The molecule has 1 fully saturated rings. The molecule has 0 aliphatic carbocycles. The maximum Gasteiger partial charge on any atom is 0.416 e. The summed E-state index contributed by atoms with van der Waals surface area (Å²) in [6, 6.07) is 10.4. The summed E-state index contributed by atoms with van der Waals surface area (Å²) in [5.74, 6) is -2.67. The van der Waals surface area contributed by atoms with Crippen molar-refractivity contribution in [1.29, 1.82) is 0 Å². The van der Waals surface area contributed by atoms with Crippen molar-refractivity contribution < 1.29 is 46.2 Å². The van der Waals surface area contributed by atoms with Gasteiger partial charge in [0.25, 0.3) is 5.91 Å². The molecule has 0 spiro atoms. The molecular weight excluding hydrogens is 603 g/mol. The number of nitrogens with zero attached hydrogens (tertiary/aromatic N) is 3. The van der Waals surface area contributed by atoms with E-state index in [0.717, 1.165) is 17.7 Å². The fourth-order valence-corrected chi connectivity index (χ4v) is 5.59. The van der Waals surface area contributed by atoms with Gasteiger partial charge >= 0.3 is 18.1 Å². The van der Waals surface area contributed by atoms with Crippen LogP contribution in [-0.4, -0.2) is 82.6 Å². The first kappa shape index (κ1) is 33.9. The van der Waals surface area contributed by atoms with Crippen molar-refractivity contribution >= 4 is 33.9 Å². The van der Waals surface area contributed by atoms with Crippen LogP contribution in [0, 0.1) is 13.8 Å². The number of piperazine rings is 1. The maximum atomic E-state index is 12.6. The number of pyridine rings is 1. The summed E-state index contributed by atoms with van der Waals surface area (Å²) in [5, 5.41) is 17.4. The molecule has 2 aromatic carbocycles. The summed E-state index contributed by atoms with van der Waals surface area (Å²) in [6.45, 7) is 4.21. The molecule has 44 heavy (non-hydrogen) atoms. The van der Waals surface area contributed by atoms with E-state index in [-0.39, 0.29) is 54.5 Å². The highest BCUT2D eigenvalue weighted by Gasteiger charge is 2.30. The number of benzene rings is 2. The van der Waals surface area contributed by atoms with E-state index in [0.29, 0.717) is 11.1 Å². The van der Waals surface area contributed by atoms with E-state index >= 15 is 0 Å². The number of hydrogen-bond donors (Lipinski definition) is 2. The Bertz CT molecular complexity index is 1620. The second-order valence-corrected chi connectivity index (χ2v) is 11.8. The quantitative estimate of drug-likeness (QED) is 0.384. The van der Waals surface area contributed by atoms with Gasteiger partial charge in [-0.25, -0.2) is 18.0 Å². The number of amides is 1. The standard InChI is InChI=1S/C21H22F3N3O3S.C9H8O4/c1-16-8-9-25-15-19(16)20(28)26-10-12-27(13-11-26)31(29,30)14-2-3-17-4-6-18(7-5-17)21(22,23)24;1-5-6(8(10)11)3-2-4-7(5)9(12)13/h2-9,15H,10-14H2,1H3;2-4H,1H3,(H,10,11)(H,12,13). The molecular formula is C30H30F3N3O7S. The van der Waals surface area contributed by atoms with Gasteiger partial charge in [0.05, 0.1) is 28.0 Å². The molecule has 0 unspecified atom stereocenters. The molecule has 1 aliphatic heterocycles. The first-order valence-electron chi connectivity index (χ1n) is 13.2. The first-order valence-corrected chi connectivity index (χ1v) is 14.8. The fourth-order valence-electron chi connectivity index (χ4n) is 4.32. The summed E-state index contributed by atoms with van der Waals surface area (Å²) in [5.41, 5.74) is 1.36. The number of rotatable bonds is 7. The number of carbonyl (C=O) groups is 3. The Labute approximate surface area is 252 Å². The van der Waals surface area contributed by atoms with Gasteiger partial charge in [-0.3, -0.25) is 9.78 Å². The van der Waals surface area contributed by atoms with Crippen molar-refractivity contribution in [2.24, 2.45) is 0 Å². The number of hydrogen-bond acceptors (Lipinski definition) is 6. The molecule has 1 saturated heterocycles. The molecule has 2 N–H and O–H groups in total. The lowest BCUT2D eigenvalue weighted by Gasteiger charge is -2.34. The average molecular weight is 634 g/mol. The molecule has 0 saturated carbocycles.